The zero-order valence-corrected chi connectivity index (χ0v) is 25.0. The monoisotopic (exact) mass is 614 g/mol. The highest BCUT2D eigenvalue weighted by molar-refractivity contribution is 5.94. The maximum absolute atomic E-state index is 14.0. The zero-order chi connectivity index (χ0) is 30.7. The van der Waals surface area contributed by atoms with Crippen LogP contribution in [0.5, 0.6) is 0 Å². The molecule has 7 nitrogen and oxygen atoms in total. The smallest absolute Gasteiger partial charge is 0.322 e. The van der Waals surface area contributed by atoms with Crippen LogP contribution in [0.1, 0.15) is 114 Å². The van der Waals surface area contributed by atoms with Gasteiger partial charge in [-0.2, -0.15) is 13.8 Å². The van der Waals surface area contributed by atoms with Gasteiger partial charge in [0.05, 0.1) is 0 Å². The number of carbonyl (C=O) groups excluding carboxylic acids is 1. The second-order valence-corrected chi connectivity index (χ2v) is 14.0. The number of amides is 1. The maximum atomic E-state index is 14.0. The molecule has 2 aromatic heterocycles. The minimum Gasteiger partial charge on any atom is -0.360 e. The second kappa shape index (κ2) is 10.7. The second-order valence-electron chi connectivity index (χ2n) is 14.0. The molecule has 0 spiro atoms. The van der Waals surface area contributed by atoms with Crippen molar-refractivity contribution in [3.05, 3.63) is 47.8 Å². The number of carbonyl (C=O) groups is 1. The molecule has 5 saturated carbocycles. The molecular formula is C33H38F4N4O3. The number of alkyl halides is 4. The third kappa shape index (κ3) is 5.78. The normalized spacial score (nSPS) is 27.0. The number of hydrogen-bond acceptors (Lipinski definition) is 6. The van der Waals surface area contributed by atoms with Crippen LogP contribution in [0.2, 0.25) is 0 Å². The molecule has 2 bridgehead atoms. The fourth-order valence-electron chi connectivity index (χ4n) is 7.59. The van der Waals surface area contributed by atoms with Crippen LogP contribution in [0.3, 0.4) is 0 Å². The molecule has 0 radical (unpaired) electrons. The van der Waals surface area contributed by atoms with Crippen LogP contribution >= 0.6 is 0 Å². The summed E-state index contributed by atoms with van der Waals surface area (Å²) in [6, 6.07) is 9.75. The molecule has 5 aliphatic carbocycles. The molecule has 0 unspecified atom stereocenters. The molecule has 1 amide bonds. The van der Waals surface area contributed by atoms with Gasteiger partial charge in [-0.25, -0.2) is 8.78 Å². The van der Waals surface area contributed by atoms with Crippen LogP contribution in [0, 0.1) is 11.3 Å². The van der Waals surface area contributed by atoms with E-state index in [1.807, 2.05) is 35.2 Å². The molecule has 3 aromatic rings. The van der Waals surface area contributed by atoms with Crippen molar-refractivity contribution in [3.63, 3.8) is 0 Å². The summed E-state index contributed by atoms with van der Waals surface area (Å²) in [5.74, 6) is -4.95. The Labute approximate surface area is 253 Å². The number of fused-ring (bicyclic) bond motifs is 3. The van der Waals surface area contributed by atoms with Crippen LogP contribution < -0.4 is 4.90 Å². The molecule has 5 fully saturated rings. The standard InChI is InChI=1S/C33H38F4N4O3/c1-30(34,35)29-38-28(40-44-29)32-14-11-31(12-15-32,13-16-32)20-41(27(42)17-21-7-9-33(36,37)10-8-21)24-4-2-3-23(18-24)25-19-26(43-39-25)22-5-6-22/h2-4,18-19,21-22H,5-17,20H2,1H3. The summed E-state index contributed by atoms with van der Waals surface area (Å²) in [6.45, 7) is 1.26. The summed E-state index contributed by atoms with van der Waals surface area (Å²) in [7, 11) is 0. The van der Waals surface area contributed by atoms with Crippen molar-refractivity contribution in [2.24, 2.45) is 11.3 Å². The number of benzene rings is 1. The summed E-state index contributed by atoms with van der Waals surface area (Å²) < 4.78 is 65.9. The van der Waals surface area contributed by atoms with E-state index >= 15 is 0 Å². The van der Waals surface area contributed by atoms with Crippen molar-refractivity contribution in [3.8, 4) is 11.3 Å². The first kappa shape index (κ1) is 29.5. The summed E-state index contributed by atoms with van der Waals surface area (Å²) in [5, 5.41) is 8.26. The first-order valence-electron chi connectivity index (χ1n) is 15.9. The molecule has 0 saturated heterocycles. The van der Waals surface area contributed by atoms with Crippen LogP contribution in [0.15, 0.2) is 39.4 Å². The van der Waals surface area contributed by atoms with Gasteiger partial charge in [-0.1, -0.05) is 22.4 Å². The Balaban J connectivity index is 1.12. The molecule has 0 atom stereocenters. The SMILES string of the molecule is CC(F)(F)c1nc(C23CCC(CN(C(=O)CC4CCC(F)(F)CC4)c4cccc(-c5cc(C6CC6)on5)c4)(CC2)CC3)no1. The molecule has 2 heterocycles. The van der Waals surface area contributed by atoms with Gasteiger partial charge >= 0.3 is 5.92 Å². The van der Waals surface area contributed by atoms with Crippen molar-refractivity contribution >= 4 is 11.6 Å². The lowest BCUT2D eigenvalue weighted by molar-refractivity contribution is -0.121. The molecule has 11 heteroatoms. The highest BCUT2D eigenvalue weighted by Gasteiger charge is 2.53. The number of anilines is 1. The largest absolute Gasteiger partial charge is 0.360 e. The fourth-order valence-corrected chi connectivity index (χ4v) is 7.59. The molecule has 44 heavy (non-hydrogen) atoms. The molecular weight excluding hydrogens is 576 g/mol. The summed E-state index contributed by atoms with van der Waals surface area (Å²) in [4.78, 5) is 20.0. The third-order valence-corrected chi connectivity index (χ3v) is 10.7. The van der Waals surface area contributed by atoms with E-state index in [2.05, 4.69) is 15.3 Å². The Morgan fingerprint density at radius 1 is 0.955 bits per heavy atom. The topological polar surface area (TPSA) is 85.3 Å². The van der Waals surface area contributed by atoms with E-state index < -0.39 is 23.2 Å². The average Bonchev–Trinajstić information content (AvgIpc) is 3.49. The van der Waals surface area contributed by atoms with Crippen molar-refractivity contribution in [2.45, 2.75) is 114 Å². The van der Waals surface area contributed by atoms with E-state index in [-0.39, 0.29) is 36.5 Å². The lowest BCUT2D eigenvalue weighted by Gasteiger charge is -2.53. The van der Waals surface area contributed by atoms with Crippen LogP contribution in [-0.2, 0) is 16.1 Å². The van der Waals surface area contributed by atoms with Gasteiger partial charge in [-0.15, -0.1) is 0 Å². The number of hydrogen-bond donors (Lipinski definition) is 0. The zero-order valence-electron chi connectivity index (χ0n) is 25.0. The first-order valence-corrected chi connectivity index (χ1v) is 15.9. The summed E-state index contributed by atoms with van der Waals surface area (Å²) in [5.41, 5.74) is 1.79. The molecule has 236 valence electrons. The molecule has 0 aliphatic heterocycles. The van der Waals surface area contributed by atoms with Gasteiger partial charge in [0.25, 0.3) is 5.89 Å². The van der Waals surface area contributed by atoms with Crippen LogP contribution in [0.25, 0.3) is 11.3 Å². The quantitative estimate of drug-likeness (QED) is 0.225. The number of aromatic nitrogens is 3. The summed E-state index contributed by atoms with van der Waals surface area (Å²) in [6.07, 6.45) is 7.34. The number of halogens is 4. The average molecular weight is 615 g/mol. The third-order valence-electron chi connectivity index (χ3n) is 10.7. The summed E-state index contributed by atoms with van der Waals surface area (Å²) >= 11 is 0. The highest BCUT2D eigenvalue weighted by Crippen LogP contribution is 2.58. The predicted molar refractivity (Wildman–Crippen MR) is 153 cm³/mol. The minimum absolute atomic E-state index is 0.0547. The first-order chi connectivity index (χ1) is 20.9. The van der Waals surface area contributed by atoms with E-state index in [0.717, 1.165) is 81.0 Å². The molecule has 0 N–H and O–H groups in total. The lowest BCUT2D eigenvalue weighted by Crippen LogP contribution is -2.51. The predicted octanol–water partition coefficient (Wildman–Crippen LogP) is 8.55. The number of nitrogens with zero attached hydrogens (tertiary/aromatic N) is 4. The molecule has 5 aliphatic rings. The van der Waals surface area contributed by atoms with Crippen molar-refractivity contribution in [1.82, 2.24) is 15.3 Å². The lowest BCUT2D eigenvalue weighted by atomic mass is 9.53. The van der Waals surface area contributed by atoms with Gasteiger partial charge in [-0.05, 0) is 87.7 Å². The number of rotatable bonds is 9. The van der Waals surface area contributed by atoms with Crippen molar-refractivity contribution in [1.29, 1.82) is 0 Å². The van der Waals surface area contributed by atoms with Gasteiger partial charge in [0.1, 0.15) is 11.5 Å². The van der Waals surface area contributed by atoms with E-state index in [1.54, 1.807) is 0 Å². The van der Waals surface area contributed by atoms with Gasteiger partial charge in [0, 0.05) is 61.4 Å². The highest BCUT2D eigenvalue weighted by atomic mass is 19.3. The Morgan fingerprint density at radius 3 is 2.30 bits per heavy atom. The van der Waals surface area contributed by atoms with Gasteiger partial charge < -0.3 is 13.9 Å². The van der Waals surface area contributed by atoms with Gasteiger partial charge in [-0.3, -0.25) is 4.79 Å². The van der Waals surface area contributed by atoms with Crippen molar-refractivity contribution in [2.75, 3.05) is 11.4 Å². The van der Waals surface area contributed by atoms with Crippen LogP contribution in [-0.4, -0.2) is 33.7 Å². The van der Waals surface area contributed by atoms with Crippen LogP contribution in [0.4, 0.5) is 23.2 Å². The minimum atomic E-state index is -3.19. The van der Waals surface area contributed by atoms with E-state index in [9.17, 15) is 22.4 Å². The Morgan fingerprint density at radius 2 is 1.66 bits per heavy atom. The van der Waals surface area contributed by atoms with Gasteiger partial charge in [0.15, 0.2) is 5.82 Å². The Kier molecular flexibility index (Phi) is 7.16. The molecule has 1 aromatic carbocycles. The fraction of sp³-hybridized carbons (Fsp3) is 0.636. The van der Waals surface area contributed by atoms with Gasteiger partial charge in [0.2, 0.25) is 11.8 Å². The van der Waals surface area contributed by atoms with E-state index in [4.69, 9.17) is 9.05 Å². The Hall–Kier alpha value is -3.24. The van der Waals surface area contributed by atoms with E-state index in [1.165, 1.54) is 0 Å². The maximum Gasteiger partial charge on any atom is 0.322 e. The Bertz CT molecular complexity index is 1490. The molecule has 8 rings (SSSR count). The van der Waals surface area contributed by atoms with Crippen molar-refractivity contribution < 1.29 is 31.4 Å². The van der Waals surface area contributed by atoms with E-state index in [0.29, 0.717) is 31.1 Å².